The van der Waals surface area contributed by atoms with E-state index < -0.39 is 0 Å². The number of amides is 1. The first kappa shape index (κ1) is 14.7. The Morgan fingerprint density at radius 2 is 2.10 bits per heavy atom. The Balaban J connectivity index is 2.12. The lowest BCUT2D eigenvalue weighted by atomic mass is 10.0. The minimum atomic E-state index is -0.236. The number of rotatable bonds is 5. The van der Waals surface area contributed by atoms with E-state index in [2.05, 4.69) is 34.3 Å². The Morgan fingerprint density at radius 1 is 1.35 bits per heavy atom. The van der Waals surface area contributed by atoms with Crippen LogP contribution in [0.15, 0.2) is 17.5 Å². The summed E-state index contributed by atoms with van der Waals surface area (Å²) in [6.07, 6.45) is 0. The first-order valence-electron chi connectivity index (χ1n) is 6.75. The Hall–Kier alpha value is -1.69. The molecular weight excluding hydrogens is 272 g/mol. The van der Waals surface area contributed by atoms with E-state index in [1.54, 1.807) is 11.3 Å². The minimum absolute atomic E-state index is 0.0106. The summed E-state index contributed by atoms with van der Waals surface area (Å²) in [6.45, 7) is 8.18. The van der Waals surface area contributed by atoms with Gasteiger partial charge in [0, 0.05) is 10.8 Å². The second-order valence-corrected chi connectivity index (χ2v) is 6.39. The fourth-order valence-corrected chi connectivity index (χ4v) is 2.82. The molecule has 20 heavy (non-hydrogen) atoms. The van der Waals surface area contributed by atoms with Crippen molar-refractivity contribution in [1.82, 2.24) is 20.5 Å². The third-order valence-electron chi connectivity index (χ3n) is 3.06. The Morgan fingerprint density at radius 3 is 2.60 bits per heavy atom. The molecule has 0 aliphatic rings. The average molecular weight is 292 g/mol. The SMILES string of the molecule is CC(C)c1nc(C(=O)NC(c2cccs2)C(C)C)n[nH]1. The Labute approximate surface area is 122 Å². The lowest BCUT2D eigenvalue weighted by Gasteiger charge is -2.20. The van der Waals surface area contributed by atoms with Gasteiger partial charge in [0.2, 0.25) is 5.82 Å². The van der Waals surface area contributed by atoms with Gasteiger partial charge in [-0.05, 0) is 17.4 Å². The molecule has 0 aromatic carbocycles. The lowest BCUT2D eigenvalue weighted by molar-refractivity contribution is 0.0916. The molecule has 2 aromatic rings. The molecule has 0 aliphatic carbocycles. The lowest BCUT2D eigenvalue weighted by Crippen LogP contribution is -2.32. The largest absolute Gasteiger partial charge is 0.341 e. The summed E-state index contributed by atoms with van der Waals surface area (Å²) >= 11 is 1.64. The number of carbonyl (C=O) groups excluding carboxylic acids is 1. The third-order valence-corrected chi connectivity index (χ3v) is 4.01. The van der Waals surface area contributed by atoms with Crippen molar-refractivity contribution < 1.29 is 4.79 Å². The number of H-pyrrole nitrogens is 1. The van der Waals surface area contributed by atoms with Crippen molar-refractivity contribution in [2.75, 3.05) is 0 Å². The van der Waals surface area contributed by atoms with Crippen molar-refractivity contribution >= 4 is 17.2 Å². The molecule has 2 aromatic heterocycles. The van der Waals surface area contributed by atoms with Crippen LogP contribution >= 0.6 is 11.3 Å². The maximum absolute atomic E-state index is 12.2. The van der Waals surface area contributed by atoms with Crippen LogP contribution in [0.1, 0.15) is 61.0 Å². The van der Waals surface area contributed by atoms with Crippen LogP contribution in [0.4, 0.5) is 0 Å². The molecule has 0 bridgehead atoms. The van der Waals surface area contributed by atoms with Gasteiger partial charge in [-0.2, -0.15) is 0 Å². The highest BCUT2D eigenvalue weighted by Gasteiger charge is 2.22. The summed E-state index contributed by atoms with van der Waals surface area (Å²) in [6, 6.07) is 4.02. The van der Waals surface area contributed by atoms with Crippen LogP contribution in [0.5, 0.6) is 0 Å². The van der Waals surface area contributed by atoms with E-state index in [1.807, 2.05) is 31.4 Å². The zero-order valence-electron chi connectivity index (χ0n) is 12.2. The average Bonchev–Trinajstić information content (AvgIpc) is 3.05. The van der Waals surface area contributed by atoms with Crippen LogP contribution < -0.4 is 5.32 Å². The van der Waals surface area contributed by atoms with E-state index in [9.17, 15) is 4.79 Å². The number of thiophene rings is 1. The summed E-state index contributed by atoms with van der Waals surface area (Å²) in [5.41, 5.74) is 0. The van der Waals surface area contributed by atoms with Crippen LogP contribution in [0.3, 0.4) is 0 Å². The van der Waals surface area contributed by atoms with Gasteiger partial charge in [-0.15, -0.1) is 16.4 Å². The van der Waals surface area contributed by atoms with E-state index in [0.29, 0.717) is 5.92 Å². The fourth-order valence-electron chi connectivity index (χ4n) is 1.87. The fraction of sp³-hybridized carbons (Fsp3) is 0.500. The molecule has 108 valence electrons. The zero-order chi connectivity index (χ0) is 14.7. The predicted molar refractivity (Wildman–Crippen MR) is 79.8 cm³/mol. The number of hydrogen-bond acceptors (Lipinski definition) is 4. The second-order valence-electron chi connectivity index (χ2n) is 5.41. The molecule has 0 spiro atoms. The smallest absolute Gasteiger partial charge is 0.291 e. The highest BCUT2D eigenvalue weighted by Crippen LogP contribution is 2.25. The summed E-state index contributed by atoms with van der Waals surface area (Å²) in [7, 11) is 0. The molecule has 6 heteroatoms. The number of carbonyl (C=O) groups is 1. The molecule has 1 unspecified atom stereocenters. The molecule has 0 fully saturated rings. The van der Waals surface area contributed by atoms with Crippen molar-refractivity contribution in [3.8, 4) is 0 Å². The van der Waals surface area contributed by atoms with Crippen LogP contribution in [0.2, 0.25) is 0 Å². The van der Waals surface area contributed by atoms with Gasteiger partial charge in [-0.1, -0.05) is 33.8 Å². The standard InChI is InChI=1S/C14H20N4OS/c1-8(2)11(10-6-5-7-20-10)15-14(19)13-16-12(9(3)4)17-18-13/h5-9,11H,1-4H3,(H,15,19)(H,16,17,18). The molecule has 0 aliphatic heterocycles. The van der Waals surface area contributed by atoms with E-state index in [-0.39, 0.29) is 23.7 Å². The second kappa shape index (κ2) is 6.17. The van der Waals surface area contributed by atoms with Gasteiger partial charge in [0.05, 0.1) is 6.04 Å². The number of nitrogens with zero attached hydrogens (tertiary/aromatic N) is 2. The van der Waals surface area contributed by atoms with Gasteiger partial charge < -0.3 is 5.32 Å². The summed E-state index contributed by atoms with van der Waals surface area (Å²) < 4.78 is 0. The maximum Gasteiger partial charge on any atom is 0.291 e. The highest BCUT2D eigenvalue weighted by atomic mass is 32.1. The molecule has 2 heterocycles. The molecule has 5 nitrogen and oxygen atoms in total. The Kier molecular flexibility index (Phi) is 4.54. The van der Waals surface area contributed by atoms with Gasteiger partial charge in [0.25, 0.3) is 5.91 Å². The van der Waals surface area contributed by atoms with Crippen molar-refractivity contribution in [3.63, 3.8) is 0 Å². The van der Waals surface area contributed by atoms with Crippen molar-refractivity contribution in [2.24, 2.45) is 5.92 Å². The summed E-state index contributed by atoms with van der Waals surface area (Å²) in [5, 5.41) is 11.8. The number of aromatic amines is 1. The highest BCUT2D eigenvalue weighted by molar-refractivity contribution is 7.10. The zero-order valence-corrected chi connectivity index (χ0v) is 13.0. The first-order valence-corrected chi connectivity index (χ1v) is 7.63. The van der Waals surface area contributed by atoms with Gasteiger partial charge in [-0.25, -0.2) is 4.98 Å². The van der Waals surface area contributed by atoms with Crippen LogP contribution in [0.25, 0.3) is 0 Å². The molecule has 1 atom stereocenters. The molecule has 2 rings (SSSR count). The molecular formula is C14H20N4OS. The normalized spacial score (nSPS) is 12.9. The monoisotopic (exact) mass is 292 g/mol. The van der Waals surface area contributed by atoms with Crippen LogP contribution in [-0.2, 0) is 0 Å². The van der Waals surface area contributed by atoms with E-state index in [0.717, 1.165) is 10.7 Å². The van der Waals surface area contributed by atoms with Crippen molar-refractivity contribution in [1.29, 1.82) is 0 Å². The predicted octanol–water partition coefficient (Wildman–Crippen LogP) is 3.12. The third kappa shape index (κ3) is 3.25. The van der Waals surface area contributed by atoms with Crippen LogP contribution in [0, 0.1) is 5.92 Å². The van der Waals surface area contributed by atoms with E-state index >= 15 is 0 Å². The van der Waals surface area contributed by atoms with Gasteiger partial charge in [0.1, 0.15) is 5.82 Å². The summed E-state index contributed by atoms with van der Waals surface area (Å²) in [5.74, 6) is 1.23. The number of hydrogen-bond donors (Lipinski definition) is 2. The van der Waals surface area contributed by atoms with Crippen LogP contribution in [-0.4, -0.2) is 21.1 Å². The minimum Gasteiger partial charge on any atom is -0.341 e. The van der Waals surface area contributed by atoms with Gasteiger partial charge >= 0.3 is 0 Å². The number of aromatic nitrogens is 3. The quantitative estimate of drug-likeness (QED) is 0.889. The molecule has 0 saturated carbocycles. The first-order chi connectivity index (χ1) is 9.49. The number of nitrogens with one attached hydrogen (secondary N) is 2. The van der Waals surface area contributed by atoms with Crippen molar-refractivity contribution in [2.45, 2.75) is 39.7 Å². The van der Waals surface area contributed by atoms with E-state index in [1.165, 1.54) is 0 Å². The Bertz CT molecular complexity index is 560. The molecule has 0 saturated heterocycles. The molecule has 0 radical (unpaired) electrons. The molecule has 2 N–H and O–H groups in total. The van der Waals surface area contributed by atoms with E-state index in [4.69, 9.17) is 0 Å². The topological polar surface area (TPSA) is 70.7 Å². The van der Waals surface area contributed by atoms with Crippen molar-refractivity contribution in [3.05, 3.63) is 34.0 Å². The van der Waals surface area contributed by atoms with Gasteiger partial charge in [0.15, 0.2) is 0 Å². The van der Waals surface area contributed by atoms with Gasteiger partial charge in [-0.3, -0.25) is 9.89 Å². The molecule has 1 amide bonds. The maximum atomic E-state index is 12.2. The summed E-state index contributed by atoms with van der Waals surface area (Å²) in [4.78, 5) is 17.6.